The summed E-state index contributed by atoms with van der Waals surface area (Å²) in [6.45, 7) is 0. The molecule has 16 heavy (non-hydrogen) atoms. The Morgan fingerprint density at radius 2 is 2.25 bits per heavy atom. The van der Waals surface area contributed by atoms with E-state index in [1.807, 2.05) is 0 Å². The molecule has 0 saturated heterocycles. The van der Waals surface area contributed by atoms with E-state index in [2.05, 4.69) is 21.0 Å². The molecule has 1 aromatic carbocycles. The molecule has 0 bridgehead atoms. The van der Waals surface area contributed by atoms with Crippen LogP contribution in [0.3, 0.4) is 0 Å². The lowest BCUT2D eigenvalue weighted by atomic mass is 10.1. The Bertz CT molecular complexity index is 553. The summed E-state index contributed by atoms with van der Waals surface area (Å²) in [5.41, 5.74) is 6.23. The molecule has 0 aliphatic carbocycles. The van der Waals surface area contributed by atoms with Crippen molar-refractivity contribution in [3.8, 4) is 5.69 Å². The van der Waals surface area contributed by atoms with Gasteiger partial charge < -0.3 is 5.73 Å². The zero-order chi connectivity index (χ0) is 11.7. The quantitative estimate of drug-likeness (QED) is 0.866. The first-order valence-electron chi connectivity index (χ1n) is 4.38. The van der Waals surface area contributed by atoms with Gasteiger partial charge in [0, 0.05) is 6.20 Å². The van der Waals surface area contributed by atoms with E-state index in [4.69, 9.17) is 18.0 Å². The van der Waals surface area contributed by atoms with Crippen LogP contribution < -0.4 is 5.73 Å². The van der Waals surface area contributed by atoms with Crippen LogP contribution in [-0.4, -0.2) is 14.8 Å². The molecule has 2 rings (SSSR count). The Labute approximate surface area is 105 Å². The minimum atomic E-state index is -0.448. The normalized spacial score (nSPS) is 10.4. The van der Waals surface area contributed by atoms with Crippen LogP contribution in [0.15, 0.2) is 35.1 Å². The second kappa shape index (κ2) is 4.31. The highest BCUT2D eigenvalue weighted by Crippen LogP contribution is 2.19. The van der Waals surface area contributed by atoms with E-state index < -0.39 is 5.82 Å². The van der Waals surface area contributed by atoms with Crippen LogP contribution in [0.25, 0.3) is 5.69 Å². The maximum absolute atomic E-state index is 13.6. The number of benzene rings is 1. The van der Waals surface area contributed by atoms with Crippen LogP contribution in [0.5, 0.6) is 0 Å². The number of rotatable bonds is 2. The van der Waals surface area contributed by atoms with Gasteiger partial charge >= 0.3 is 0 Å². The predicted molar refractivity (Wildman–Crippen MR) is 67.1 cm³/mol. The van der Waals surface area contributed by atoms with Crippen molar-refractivity contribution in [2.75, 3.05) is 0 Å². The molecule has 0 aliphatic rings. The molecule has 6 heteroatoms. The van der Waals surface area contributed by atoms with Gasteiger partial charge in [-0.05, 0) is 28.1 Å². The number of thiocarbonyl (C=S) groups is 1. The second-order valence-electron chi connectivity index (χ2n) is 3.10. The summed E-state index contributed by atoms with van der Waals surface area (Å²) in [5.74, 6) is -0.448. The third-order valence-corrected chi connectivity index (χ3v) is 2.65. The summed E-state index contributed by atoms with van der Waals surface area (Å²) in [5, 5.41) is 4.06. The monoisotopic (exact) mass is 299 g/mol. The standard InChI is InChI=1S/C10H7BrFN3S/c11-6-4-14-15(5-6)8-3-1-2-7(12)9(8)10(13)16/h1-5H,(H2,13,16). The van der Waals surface area contributed by atoms with E-state index in [0.29, 0.717) is 5.69 Å². The molecule has 82 valence electrons. The Hall–Kier alpha value is -1.27. The number of hydrogen-bond donors (Lipinski definition) is 1. The van der Waals surface area contributed by atoms with Crippen LogP contribution in [0, 0.1) is 5.82 Å². The van der Waals surface area contributed by atoms with Crippen molar-refractivity contribution in [1.82, 2.24) is 9.78 Å². The lowest BCUT2D eigenvalue weighted by Gasteiger charge is -2.08. The SMILES string of the molecule is NC(=S)c1c(F)cccc1-n1cc(Br)cn1. The Morgan fingerprint density at radius 1 is 1.50 bits per heavy atom. The first kappa shape index (κ1) is 11.2. The first-order valence-corrected chi connectivity index (χ1v) is 5.58. The molecule has 0 unspecified atom stereocenters. The molecule has 3 nitrogen and oxygen atoms in total. The van der Waals surface area contributed by atoms with E-state index in [0.717, 1.165) is 4.47 Å². The number of aromatic nitrogens is 2. The van der Waals surface area contributed by atoms with Crippen molar-refractivity contribution in [2.45, 2.75) is 0 Å². The maximum Gasteiger partial charge on any atom is 0.135 e. The van der Waals surface area contributed by atoms with E-state index in [1.54, 1.807) is 24.5 Å². The third-order valence-electron chi connectivity index (χ3n) is 2.04. The Morgan fingerprint density at radius 3 is 2.81 bits per heavy atom. The maximum atomic E-state index is 13.6. The van der Waals surface area contributed by atoms with Gasteiger partial charge in [-0.15, -0.1) is 0 Å². The Balaban J connectivity index is 2.65. The van der Waals surface area contributed by atoms with Gasteiger partial charge in [-0.25, -0.2) is 9.07 Å². The van der Waals surface area contributed by atoms with Crippen molar-refractivity contribution in [3.63, 3.8) is 0 Å². The second-order valence-corrected chi connectivity index (χ2v) is 4.46. The average Bonchev–Trinajstić information content (AvgIpc) is 2.63. The fourth-order valence-corrected chi connectivity index (χ4v) is 1.87. The van der Waals surface area contributed by atoms with Crippen LogP contribution in [0.4, 0.5) is 4.39 Å². The molecular formula is C10H7BrFN3S. The van der Waals surface area contributed by atoms with Gasteiger partial charge in [0.2, 0.25) is 0 Å². The highest BCUT2D eigenvalue weighted by atomic mass is 79.9. The van der Waals surface area contributed by atoms with E-state index in [9.17, 15) is 4.39 Å². The molecule has 1 heterocycles. The van der Waals surface area contributed by atoms with Crippen LogP contribution in [-0.2, 0) is 0 Å². The first-order chi connectivity index (χ1) is 7.59. The van der Waals surface area contributed by atoms with Crippen molar-refractivity contribution in [1.29, 1.82) is 0 Å². The van der Waals surface area contributed by atoms with E-state index >= 15 is 0 Å². The van der Waals surface area contributed by atoms with Gasteiger partial charge in [-0.1, -0.05) is 18.3 Å². The molecule has 0 atom stereocenters. The summed E-state index contributed by atoms with van der Waals surface area (Å²) in [4.78, 5) is 0.0136. The fourth-order valence-electron chi connectivity index (χ4n) is 1.38. The summed E-state index contributed by atoms with van der Waals surface area (Å²) >= 11 is 8.10. The molecule has 0 saturated carbocycles. The predicted octanol–water partition coefficient (Wildman–Crippen LogP) is 2.41. The van der Waals surface area contributed by atoms with Crippen LogP contribution in [0.1, 0.15) is 5.56 Å². The van der Waals surface area contributed by atoms with E-state index in [-0.39, 0.29) is 10.6 Å². The molecule has 2 aromatic rings. The molecule has 1 aromatic heterocycles. The van der Waals surface area contributed by atoms with E-state index in [1.165, 1.54) is 10.7 Å². The fraction of sp³-hybridized carbons (Fsp3) is 0. The summed E-state index contributed by atoms with van der Waals surface area (Å²) in [6.07, 6.45) is 3.31. The number of nitrogens with two attached hydrogens (primary N) is 1. The van der Waals surface area contributed by atoms with Gasteiger partial charge in [0.25, 0.3) is 0 Å². The van der Waals surface area contributed by atoms with Gasteiger partial charge in [0.15, 0.2) is 0 Å². The van der Waals surface area contributed by atoms with Gasteiger partial charge in [-0.3, -0.25) is 0 Å². The minimum Gasteiger partial charge on any atom is -0.389 e. The number of nitrogens with zero attached hydrogens (tertiary/aromatic N) is 2. The smallest absolute Gasteiger partial charge is 0.135 e. The summed E-state index contributed by atoms with van der Waals surface area (Å²) in [6, 6.07) is 4.61. The molecule has 0 spiro atoms. The van der Waals surface area contributed by atoms with Crippen LogP contribution >= 0.6 is 28.1 Å². The highest BCUT2D eigenvalue weighted by molar-refractivity contribution is 9.10. The highest BCUT2D eigenvalue weighted by Gasteiger charge is 2.13. The molecule has 0 fully saturated rings. The zero-order valence-corrected chi connectivity index (χ0v) is 10.4. The largest absolute Gasteiger partial charge is 0.389 e. The van der Waals surface area contributed by atoms with Crippen molar-refractivity contribution in [3.05, 3.63) is 46.4 Å². The molecular weight excluding hydrogens is 293 g/mol. The lowest BCUT2D eigenvalue weighted by molar-refractivity contribution is 0.623. The van der Waals surface area contributed by atoms with Crippen molar-refractivity contribution < 1.29 is 4.39 Å². The van der Waals surface area contributed by atoms with Gasteiger partial charge in [-0.2, -0.15) is 5.10 Å². The van der Waals surface area contributed by atoms with Crippen LogP contribution in [0.2, 0.25) is 0 Å². The van der Waals surface area contributed by atoms with Crippen molar-refractivity contribution >= 4 is 33.1 Å². The zero-order valence-electron chi connectivity index (χ0n) is 8.02. The van der Waals surface area contributed by atoms with Crippen molar-refractivity contribution in [2.24, 2.45) is 5.73 Å². The molecule has 2 N–H and O–H groups in total. The lowest BCUT2D eigenvalue weighted by Crippen LogP contribution is -2.15. The molecule has 0 radical (unpaired) electrons. The third kappa shape index (κ3) is 1.98. The number of halogens is 2. The minimum absolute atomic E-state index is 0.0136. The molecule has 0 aliphatic heterocycles. The molecule has 0 amide bonds. The average molecular weight is 300 g/mol. The topological polar surface area (TPSA) is 43.8 Å². The summed E-state index contributed by atoms with van der Waals surface area (Å²) < 4.78 is 15.9. The van der Waals surface area contributed by atoms with Gasteiger partial charge in [0.05, 0.1) is 21.9 Å². The van der Waals surface area contributed by atoms with Gasteiger partial charge in [0.1, 0.15) is 10.8 Å². The summed E-state index contributed by atoms with van der Waals surface area (Å²) in [7, 11) is 0. The Kier molecular flexibility index (Phi) is 3.02. The number of hydrogen-bond acceptors (Lipinski definition) is 2.